The predicted molar refractivity (Wildman–Crippen MR) is 92.9 cm³/mol. The van der Waals surface area contributed by atoms with Crippen LogP contribution in [-0.2, 0) is 16.0 Å². The lowest BCUT2D eigenvalue weighted by Crippen LogP contribution is -2.47. The van der Waals surface area contributed by atoms with Gasteiger partial charge in [-0.15, -0.1) is 12.4 Å². The molecule has 0 bridgehead atoms. The predicted octanol–water partition coefficient (Wildman–Crippen LogP) is 1.51. The van der Waals surface area contributed by atoms with Crippen LogP contribution < -0.4 is 20.1 Å². The molecule has 0 unspecified atom stereocenters. The molecule has 134 valence electrons. The van der Waals surface area contributed by atoms with Gasteiger partial charge in [-0.25, -0.2) is 0 Å². The molecule has 7 heteroatoms. The van der Waals surface area contributed by atoms with Gasteiger partial charge in [-0.2, -0.15) is 0 Å². The number of methoxy groups -OCH3 is 1. The molecule has 2 N–H and O–H groups in total. The van der Waals surface area contributed by atoms with Gasteiger partial charge in [0.05, 0.1) is 13.0 Å². The number of nitrogens with one attached hydrogen (secondary N) is 2. The number of carbonyl (C=O) groups excluding carboxylic acids is 1. The van der Waals surface area contributed by atoms with E-state index in [1.807, 2.05) is 18.2 Å². The third-order valence-corrected chi connectivity index (χ3v) is 4.58. The molecular weight excluding hydrogens is 332 g/mol. The maximum Gasteiger partial charge on any atom is 0.231 e. The largest absolute Gasteiger partial charge is 0.454 e. The van der Waals surface area contributed by atoms with Crippen molar-refractivity contribution in [2.24, 2.45) is 5.41 Å². The zero-order chi connectivity index (χ0) is 16.1. The van der Waals surface area contributed by atoms with Gasteiger partial charge in [-0.1, -0.05) is 6.07 Å². The zero-order valence-corrected chi connectivity index (χ0v) is 14.7. The number of benzene rings is 1. The highest BCUT2D eigenvalue weighted by Gasteiger charge is 2.32. The molecule has 2 aliphatic heterocycles. The van der Waals surface area contributed by atoms with Crippen LogP contribution in [0.4, 0.5) is 0 Å². The van der Waals surface area contributed by atoms with Gasteiger partial charge in [-0.3, -0.25) is 4.79 Å². The SMILES string of the molecule is COCC1(CNC(=O)Cc2ccc3c(c2)OCO3)CCNCC1.Cl. The van der Waals surface area contributed by atoms with E-state index >= 15 is 0 Å². The Morgan fingerprint density at radius 2 is 2.04 bits per heavy atom. The molecule has 1 saturated heterocycles. The molecule has 1 amide bonds. The smallest absolute Gasteiger partial charge is 0.231 e. The molecule has 0 aromatic heterocycles. The summed E-state index contributed by atoms with van der Waals surface area (Å²) in [6.45, 7) is 3.53. The van der Waals surface area contributed by atoms with Crippen molar-refractivity contribution in [3.63, 3.8) is 0 Å². The summed E-state index contributed by atoms with van der Waals surface area (Å²) in [5, 5.41) is 6.43. The lowest BCUT2D eigenvalue weighted by atomic mass is 9.79. The van der Waals surface area contributed by atoms with E-state index in [1.165, 1.54) is 0 Å². The summed E-state index contributed by atoms with van der Waals surface area (Å²) in [5.41, 5.74) is 0.975. The third kappa shape index (κ3) is 4.53. The second-order valence-electron chi connectivity index (χ2n) is 6.32. The fourth-order valence-electron chi connectivity index (χ4n) is 3.22. The highest BCUT2D eigenvalue weighted by molar-refractivity contribution is 5.85. The molecule has 0 saturated carbocycles. The van der Waals surface area contributed by atoms with Crippen molar-refractivity contribution in [3.05, 3.63) is 23.8 Å². The van der Waals surface area contributed by atoms with Crippen LogP contribution >= 0.6 is 12.4 Å². The van der Waals surface area contributed by atoms with Crippen molar-refractivity contribution in [3.8, 4) is 11.5 Å². The summed E-state index contributed by atoms with van der Waals surface area (Å²) in [6, 6.07) is 5.63. The Balaban J connectivity index is 0.00000208. The Morgan fingerprint density at radius 3 is 2.79 bits per heavy atom. The van der Waals surface area contributed by atoms with E-state index in [0.29, 0.717) is 25.3 Å². The number of amides is 1. The highest BCUT2D eigenvalue weighted by atomic mass is 35.5. The number of fused-ring (bicyclic) bond motifs is 1. The maximum absolute atomic E-state index is 12.3. The lowest BCUT2D eigenvalue weighted by molar-refractivity contribution is -0.121. The molecule has 3 rings (SSSR count). The fourth-order valence-corrected chi connectivity index (χ4v) is 3.22. The summed E-state index contributed by atoms with van der Waals surface area (Å²) in [6.07, 6.45) is 2.38. The van der Waals surface area contributed by atoms with Crippen molar-refractivity contribution in [1.82, 2.24) is 10.6 Å². The van der Waals surface area contributed by atoms with Crippen LogP contribution in [-0.4, -0.2) is 46.1 Å². The van der Waals surface area contributed by atoms with Crippen molar-refractivity contribution in [1.29, 1.82) is 0 Å². The zero-order valence-electron chi connectivity index (χ0n) is 13.9. The molecule has 24 heavy (non-hydrogen) atoms. The first-order chi connectivity index (χ1) is 11.2. The van der Waals surface area contributed by atoms with E-state index in [2.05, 4.69) is 10.6 Å². The monoisotopic (exact) mass is 356 g/mol. The van der Waals surface area contributed by atoms with Crippen LogP contribution in [0, 0.1) is 5.41 Å². The van der Waals surface area contributed by atoms with E-state index in [4.69, 9.17) is 14.2 Å². The Bertz CT molecular complexity index is 556. The Kier molecular flexibility index (Phi) is 6.71. The number of rotatable bonds is 6. The molecule has 1 fully saturated rings. The Labute approximate surface area is 148 Å². The standard InChI is InChI=1S/C17H24N2O4.ClH/c1-21-11-17(4-6-18-7-5-17)10-19-16(20)9-13-2-3-14-15(8-13)23-12-22-14;/h2-3,8,18H,4-7,9-12H2,1H3,(H,19,20);1H. The lowest BCUT2D eigenvalue weighted by Gasteiger charge is -2.37. The average Bonchev–Trinajstić information content (AvgIpc) is 3.02. The summed E-state index contributed by atoms with van der Waals surface area (Å²) in [7, 11) is 1.72. The fraction of sp³-hybridized carbons (Fsp3) is 0.588. The van der Waals surface area contributed by atoms with Crippen molar-refractivity contribution in [2.75, 3.05) is 40.1 Å². The molecular formula is C17H25ClN2O4. The van der Waals surface area contributed by atoms with E-state index in [1.54, 1.807) is 7.11 Å². The molecule has 2 aliphatic rings. The molecule has 0 atom stereocenters. The van der Waals surface area contributed by atoms with Crippen molar-refractivity contribution < 1.29 is 19.0 Å². The normalized spacial score (nSPS) is 17.9. The second-order valence-corrected chi connectivity index (χ2v) is 6.32. The summed E-state index contributed by atoms with van der Waals surface area (Å²) in [5.74, 6) is 1.48. The third-order valence-electron chi connectivity index (χ3n) is 4.58. The van der Waals surface area contributed by atoms with E-state index in [9.17, 15) is 4.79 Å². The van der Waals surface area contributed by atoms with Crippen LogP contribution in [0.1, 0.15) is 18.4 Å². The number of ether oxygens (including phenoxy) is 3. The van der Waals surface area contributed by atoms with E-state index < -0.39 is 0 Å². The minimum Gasteiger partial charge on any atom is -0.454 e. The average molecular weight is 357 g/mol. The van der Waals surface area contributed by atoms with Gasteiger partial charge in [-0.05, 0) is 43.6 Å². The summed E-state index contributed by atoms with van der Waals surface area (Å²) >= 11 is 0. The molecule has 0 spiro atoms. The molecule has 0 aliphatic carbocycles. The highest BCUT2D eigenvalue weighted by Crippen LogP contribution is 2.32. The van der Waals surface area contributed by atoms with Crippen LogP contribution in [0.3, 0.4) is 0 Å². The molecule has 1 aromatic carbocycles. The van der Waals surface area contributed by atoms with Gasteiger partial charge >= 0.3 is 0 Å². The van der Waals surface area contributed by atoms with Crippen molar-refractivity contribution in [2.45, 2.75) is 19.3 Å². The maximum atomic E-state index is 12.3. The first kappa shape index (κ1) is 18.8. The van der Waals surface area contributed by atoms with Gasteiger partial charge < -0.3 is 24.8 Å². The minimum atomic E-state index is 0. The van der Waals surface area contributed by atoms with E-state index in [-0.39, 0.29) is 30.5 Å². The Hall–Kier alpha value is -1.50. The first-order valence-corrected chi connectivity index (χ1v) is 8.06. The summed E-state index contributed by atoms with van der Waals surface area (Å²) in [4.78, 5) is 12.3. The van der Waals surface area contributed by atoms with Gasteiger partial charge in [0.2, 0.25) is 12.7 Å². The quantitative estimate of drug-likeness (QED) is 0.808. The number of carbonyl (C=O) groups is 1. The Morgan fingerprint density at radius 1 is 1.29 bits per heavy atom. The molecule has 1 aromatic rings. The molecule has 0 radical (unpaired) electrons. The number of hydrogen-bond acceptors (Lipinski definition) is 5. The minimum absolute atomic E-state index is 0. The molecule has 2 heterocycles. The number of halogens is 1. The van der Waals surface area contributed by atoms with Crippen molar-refractivity contribution >= 4 is 18.3 Å². The topological polar surface area (TPSA) is 68.8 Å². The molecule has 6 nitrogen and oxygen atoms in total. The van der Waals surface area contributed by atoms with Crippen LogP contribution in [0.25, 0.3) is 0 Å². The first-order valence-electron chi connectivity index (χ1n) is 8.06. The number of hydrogen-bond donors (Lipinski definition) is 2. The van der Waals surface area contributed by atoms with E-state index in [0.717, 1.165) is 37.2 Å². The van der Waals surface area contributed by atoms with Crippen LogP contribution in [0.2, 0.25) is 0 Å². The van der Waals surface area contributed by atoms with Gasteiger partial charge in [0.25, 0.3) is 0 Å². The van der Waals surface area contributed by atoms with Gasteiger partial charge in [0.1, 0.15) is 0 Å². The second kappa shape index (κ2) is 8.55. The van der Waals surface area contributed by atoms with Gasteiger partial charge in [0, 0.05) is 19.1 Å². The van der Waals surface area contributed by atoms with Crippen LogP contribution in [0.5, 0.6) is 11.5 Å². The van der Waals surface area contributed by atoms with Crippen LogP contribution in [0.15, 0.2) is 18.2 Å². The summed E-state index contributed by atoms with van der Waals surface area (Å²) < 4.78 is 16.0. The van der Waals surface area contributed by atoms with Gasteiger partial charge in [0.15, 0.2) is 11.5 Å². The number of piperidine rings is 1.